The SMILES string of the molecule is CCc1coc(CC)c1C(C)=O. The van der Waals surface area contributed by atoms with Crippen molar-refractivity contribution in [3.05, 3.63) is 23.2 Å². The first-order valence-electron chi connectivity index (χ1n) is 4.30. The predicted molar refractivity (Wildman–Crippen MR) is 47.5 cm³/mol. The zero-order valence-corrected chi connectivity index (χ0v) is 7.81. The van der Waals surface area contributed by atoms with E-state index >= 15 is 0 Å². The fourth-order valence-corrected chi connectivity index (χ4v) is 1.38. The molecule has 2 heteroatoms. The van der Waals surface area contributed by atoms with E-state index in [4.69, 9.17) is 4.42 Å². The fourth-order valence-electron chi connectivity index (χ4n) is 1.38. The lowest BCUT2D eigenvalue weighted by molar-refractivity contribution is 0.101. The fraction of sp³-hybridized carbons (Fsp3) is 0.500. The number of hydrogen-bond acceptors (Lipinski definition) is 2. The predicted octanol–water partition coefficient (Wildman–Crippen LogP) is 2.61. The van der Waals surface area contributed by atoms with Crippen LogP contribution in [-0.4, -0.2) is 5.78 Å². The number of carbonyl (C=O) groups is 1. The summed E-state index contributed by atoms with van der Waals surface area (Å²) in [5.74, 6) is 0.928. The van der Waals surface area contributed by atoms with E-state index < -0.39 is 0 Å². The summed E-state index contributed by atoms with van der Waals surface area (Å²) in [6.45, 7) is 5.60. The molecule has 1 aromatic heterocycles. The van der Waals surface area contributed by atoms with Gasteiger partial charge in [-0.15, -0.1) is 0 Å². The first-order valence-corrected chi connectivity index (χ1v) is 4.30. The van der Waals surface area contributed by atoms with Gasteiger partial charge in [-0.25, -0.2) is 0 Å². The Hall–Kier alpha value is -1.05. The number of carbonyl (C=O) groups excluding carboxylic acids is 1. The molecular formula is C10H14O2. The second kappa shape index (κ2) is 3.57. The molecule has 0 aromatic carbocycles. The maximum Gasteiger partial charge on any atom is 0.163 e. The van der Waals surface area contributed by atoms with Gasteiger partial charge in [-0.1, -0.05) is 13.8 Å². The standard InChI is InChI=1S/C10H14O2/c1-4-8-6-12-9(5-2)10(8)7(3)11/h6H,4-5H2,1-3H3. The van der Waals surface area contributed by atoms with E-state index in [1.165, 1.54) is 0 Å². The lowest BCUT2D eigenvalue weighted by Gasteiger charge is -1.96. The Morgan fingerprint density at radius 2 is 2.08 bits per heavy atom. The van der Waals surface area contributed by atoms with Gasteiger partial charge in [0.2, 0.25) is 0 Å². The van der Waals surface area contributed by atoms with Gasteiger partial charge in [-0.2, -0.15) is 0 Å². The topological polar surface area (TPSA) is 30.2 Å². The Labute approximate surface area is 72.6 Å². The van der Waals surface area contributed by atoms with Gasteiger partial charge < -0.3 is 4.42 Å². The Morgan fingerprint density at radius 1 is 1.42 bits per heavy atom. The third-order valence-corrected chi connectivity index (χ3v) is 2.00. The highest BCUT2D eigenvalue weighted by Gasteiger charge is 2.14. The lowest BCUT2D eigenvalue weighted by Crippen LogP contribution is -1.98. The van der Waals surface area contributed by atoms with Crippen LogP contribution >= 0.6 is 0 Å². The summed E-state index contributed by atoms with van der Waals surface area (Å²) in [4.78, 5) is 11.2. The van der Waals surface area contributed by atoms with Crippen molar-refractivity contribution < 1.29 is 9.21 Å². The number of ketones is 1. The number of Topliss-reactive ketones (excluding diaryl/α,β-unsaturated/α-hetero) is 1. The molecule has 0 aliphatic carbocycles. The molecule has 0 spiro atoms. The summed E-state index contributed by atoms with van der Waals surface area (Å²) in [6, 6.07) is 0. The molecule has 0 radical (unpaired) electrons. The smallest absolute Gasteiger partial charge is 0.163 e. The number of rotatable bonds is 3. The van der Waals surface area contributed by atoms with Gasteiger partial charge in [0.15, 0.2) is 5.78 Å². The minimum atomic E-state index is 0.109. The molecular weight excluding hydrogens is 152 g/mol. The molecule has 1 rings (SSSR count). The van der Waals surface area contributed by atoms with Gasteiger partial charge in [-0.3, -0.25) is 4.79 Å². The minimum absolute atomic E-state index is 0.109. The summed E-state index contributed by atoms with van der Waals surface area (Å²) in [5, 5.41) is 0. The van der Waals surface area contributed by atoms with Crippen molar-refractivity contribution in [2.75, 3.05) is 0 Å². The zero-order valence-electron chi connectivity index (χ0n) is 7.81. The van der Waals surface area contributed by atoms with Crippen molar-refractivity contribution in [3.63, 3.8) is 0 Å². The molecule has 0 saturated heterocycles. The summed E-state index contributed by atoms with van der Waals surface area (Å²) < 4.78 is 5.28. The van der Waals surface area contributed by atoms with Crippen molar-refractivity contribution in [3.8, 4) is 0 Å². The van der Waals surface area contributed by atoms with Crippen LogP contribution < -0.4 is 0 Å². The molecule has 0 amide bonds. The quantitative estimate of drug-likeness (QED) is 0.646. The van der Waals surface area contributed by atoms with Crippen LogP contribution in [-0.2, 0) is 12.8 Å². The van der Waals surface area contributed by atoms with Crippen molar-refractivity contribution in [2.24, 2.45) is 0 Å². The monoisotopic (exact) mass is 166 g/mol. The number of hydrogen-bond donors (Lipinski definition) is 0. The third kappa shape index (κ3) is 1.42. The van der Waals surface area contributed by atoms with E-state index in [0.717, 1.165) is 29.7 Å². The van der Waals surface area contributed by atoms with Gasteiger partial charge in [0.1, 0.15) is 5.76 Å². The summed E-state index contributed by atoms with van der Waals surface area (Å²) in [7, 11) is 0. The maximum absolute atomic E-state index is 11.2. The molecule has 12 heavy (non-hydrogen) atoms. The van der Waals surface area contributed by atoms with E-state index in [2.05, 4.69) is 0 Å². The molecule has 0 unspecified atom stereocenters. The second-order valence-electron chi connectivity index (χ2n) is 2.82. The van der Waals surface area contributed by atoms with Gasteiger partial charge >= 0.3 is 0 Å². The lowest BCUT2D eigenvalue weighted by atomic mass is 10.0. The summed E-state index contributed by atoms with van der Waals surface area (Å²) >= 11 is 0. The maximum atomic E-state index is 11.2. The molecule has 1 aromatic rings. The van der Waals surface area contributed by atoms with E-state index in [1.54, 1.807) is 13.2 Å². The van der Waals surface area contributed by atoms with Crippen LogP contribution in [0.25, 0.3) is 0 Å². The van der Waals surface area contributed by atoms with E-state index in [0.29, 0.717) is 0 Å². The van der Waals surface area contributed by atoms with E-state index in [9.17, 15) is 4.79 Å². The van der Waals surface area contributed by atoms with Crippen molar-refractivity contribution in [1.29, 1.82) is 0 Å². The van der Waals surface area contributed by atoms with Crippen molar-refractivity contribution in [1.82, 2.24) is 0 Å². The Morgan fingerprint density at radius 3 is 2.50 bits per heavy atom. The van der Waals surface area contributed by atoms with Crippen LogP contribution in [0, 0.1) is 0 Å². The molecule has 0 bridgehead atoms. The number of aryl methyl sites for hydroxylation is 2. The van der Waals surface area contributed by atoms with Crippen LogP contribution in [0.15, 0.2) is 10.7 Å². The highest BCUT2D eigenvalue weighted by molar-refractivity contribution is 5.96. The minimum Gasteiger partial charge on any atom is -0.468 e. The van der Waals surface area contributed by atoms with Crippen LogP contribution in [0.2, 0.25) is 0 Å². The first kappa shape index (κ1) is 9.04. The molecule has 0 N–H and O–H groups in total. The van der Waals surface area contributed by atoms with Gasteiger partial charge in [0.05, 0.1) is 11.8 Å². The van der Waals surface area contributed by atoms with Crippen molar-refractivity contribution >= 4 is 5.78 Å². The molecule has 0 atom stereocenters. The highest BCUT2D eigenvalue weighted by Crippen LogP contribution is 2.18. The Kier molecular flexibility index (Phi) is 2.69. The largest absolute Gasteiger partial charge is 0.468 e. The normalized spacial score (nSPS) is 10.2. The zero-order chi connectivity index (χ0) is 9.14. The number of furan rings is 1. The summed E-state index contributed by atoms with van der Waals surface area (Å²) in [6.07, 6.45) is 3.34. The van der Waals surface area contributed by atoms with Crippen LogP contribution in [0.5, 0.6) is 0 Å². The molecule has 2 nitrogen and oxygen atoms in total. The molecule has 1 heterocycles. The van der Waals surface area contributed by atoms with E-state index in [-0.39, 0.29) is 5.78 Å². The molecule has 0 aliphatic rings. The van der Waals surface area contributed by atoms with Gasteiger partial charge in [-0.05, 0) is 13.3 Å². The average Bonchev–Trinajstić information content (AvgIpc) is 2.46. The van der Waals surface area contributed by atoms with Crippen LogP contribution in [0.3, 0.4) is 0 Å². The van der Waals surface area contributed by atoms with Crippen LogP contribution in [0.1, 0.15) is 42.5 Å². The third-order valence-electron chi connectivity index (χ3n) is 2.00. The Balaban J connectivity index is 3.16. The van der Waals surface area contributed by atoms with Gasteiger partial charge in [0, 0.05) is 12.0 Å². The average molecular weight is 166 g/mol. The highest BCUT2D eigenvalue weighted by atomic mass is 16.3. The van der Waals surface area contributed by atoms with E-state index in [1.807, 2.05) is 13.8 Å². The van der Waals surface area contributed by atoms with Crippen LogP contribution in [0.4, 0.5) is 0 Å². The molecule has 0 fully saturated rings. The second-order valence-corrected chi connectivity index (χ2v) is 2.82. The molecule has 0 saturated carbocycles. The summed E-state index contributed by atoms with van der Waals surface area (Å²) in [5.41, 5.74) is 1.82. The van der Waals surface area contributed by atoms with Gasteiger partial charge in [0.25, 0.3) is 0 Å². The van der Waals surface area contributed by atoms with Crippen molar-refractivity contribution in [2.45, 2.75) is 33.6 Å². The molecule has 66 valence electrons. The first-order chi connectivity index (χ1) is 5.70. The Bertz CT molecular complexity index is 263. The molecule has 0 aliphatic heterocycles.